The van der Waals surface area contributed by atoms with Crippen molar-refractivity contribution in [2.75, 3.05) is 6.54 Å². The molecule has 1 fully saturated rings. The molecule has 0 radical (unpaired) electrons. The Bertz CT molecular complexity index is 1280. The largest absolute Gasteiger partial charge is 0.336 e. The second-order valence-corrected chi connectivity index (χ2v) is 12.3. The maximum atomic E-state index is 13.6. The van der Waals surface area contributed by atoms with E-state index in [9.17, 15) is 13.2 Å². The first kappa shape index (κ1) is 26.1. The maximum Gasteiger partial charge on any atom is 0.228 e. The van der Waals surface area contributed by atoms with E-state index in [0.717, 1.165) is 48.1 Å². The Balaban J connectivity index is 1.70. The molecule has 6 nitrogen and oxygen atoms in total. The van der Waals surface area contributed by atoms with Crippen LogP contribution in [-0.2, 0) is 33.5 Å². The summed E-state index contributed by atoms with van der Waals surface area (Å²) in [6.45, 7) is 7.50. The lowest BCUT2D eigenvalue weighted by Crippen LogP contribution is -2.38. The summed E-state index contributed by atoms with van der Waals surface area (Å²) in [6, 6.07) is 17.3. The highest BCUT2D eigenvalue weighted by Crippen LogP contribution is 2.28. The zero-order valence-corrected chi connectivity index (χ0v) is 22.4. The highest BCUT2D eigenvalue weighted by atomic mass is 32.2. The minimum Gasteiger partial charge on any atom is -0.336 e. The first-order valence-corrected chi connectivity index (χ1v) is 14.5. The van der Waals surface area contributed by atoms with E-state index in [1.807, 2.05) is 66.4 Å². The number of aryl methyl sites for hydroxylation is 1. The molecule has 0 aliphatic heterocycles. The van der Waals surface area contributed by atoms with Crippen molar-refractivity contribution < 1.29 is 13.2 Å². The van der Waals surface area contributed by atoms with E-state index in [4.69, 9.17) is 0 Å². The third-order valence-electron chi connectivity index (χ3n) is 6.92. The summed E-state index contributed by atoms with van der Waals surface area (Å²) in [5.74, 6) is 0.448. The molecule has 0 atom stereocenters. The van der Waals surface area contributed by atoms with Crippen molar-refractivity contribution in [1.82, 2.24) is 14.5 Å². The summed E-state index contributed by atoms with van der Waals surface area (Å²) >= 11 is 0. The Labute approximate surface area is 215 Å². The number of carbonyl (C=O) groups is 1. The van der Waals surface area contributed by atoms with Crippen molar-refractivity contribution in [2.24, 2.45) is 11.8 Å². The van der Waals surface area contributed by atoms with Gasteiger partial charge in [-0.25, -0.2) is 13.4 Å². The van der Waals surface area contributed by atoms with Crippen molar-refractivity contribution in [2.45, 2.75) is 70.5 Å². The fraction of sp³-hybridized carbons (Fsp3) is 0.448. The molecule has 1 saturated carbocycles. The molecule has 1 heterocycles. The van der Waals surface area contributed by atoms with Crippen molar-refractivity contribution in [1.29, 1.82) is 0 Å². The predicted octanol–water partition coefficient (Wildman–Crippen LogP) is 5.39. The summed E-state index contributed by atoms with van der Waals surface area (Å²) in [6.07, 6.45) is 5.71. The Morgan fingerprint density at radius 3 is 2.39 bits per heavy atom. The van der Waals surface area contributed by atoms with Gasteiger partial charge in [-0.1, -0.05) is 81.3 Å². The summed E-state index contributed by atoms with van der Waals surface area (Å²) in [5, 5.41) is 0.0578. The lowest BCUT2D eigenvalue weighted by Gasteiger charge is -2.28. The van der Waals surface area contributed by atoms with Crippen molar-refractivity contribution >= 4 is 15.7 Å². The van der Waals surface area contributed by atoms with Crippen LogP contribution in [-0.4, -0.2) is 35.3 Å². The number of aromatic nitrogens is 2. The third kappa shape index (κ3) is 6.25. The van der Waals surface area contributed by atoms with Gasteiger partial charge in [-0.15, -0.1) is 0 Å². The molecule has 1 aromatic heterocycles. The van der Waals surface area contributed by atoms with E-state index in [0.29, 0.717) is 25.6 Å². The number of hydrogen-bond acceptors (Lipinski definition) is 4. The fourth-order valence-electron chi connectivity index (χ4n) is 5.04. The van der Waals surface area contributed by atoms with Crippen molar-refractivity contribution in [3.8, 4) is 0 Å². The molecular weight excluding hydrogens is 470 g/mol. The number of sulfone groups is 1. The van der Waals surface area contributed by atoms with Crippen LogP contribution >= 0.6 is 0 Å². The van der Waals surface area contributed by atoms with Crippen molar-refractivity contribution in [3.05, 3.63) is 83.2 Å². The minimum absolute atomic E-state index is 0.0578. The first-order chi connectivity index (χ1) is 17.2. The van der Waals surface area contributed by atoms with Gasteiger partial charge in [-0.2, -0.15) is 0 Å². The minimum atomic E-state index is -3.71. The van der Waals surface area contributed by atoms with Crippen LogP contribution in [0.3, 0.4) is 0 Å². The van der Waals surface area contributed by atoms with Gasteiger partial charge in [0.1, 0.15) is 0 Å². The molecule has 3 aromatic rings. The molecule has 0 spiro atoms. The molecule has 1 amide bonds. The average Bonchev–Trinajstić information content (AvgIpc) is 3.51. The van der Waals surface area contributed by atoms with Crippen LogP contribution in [0.1, 0.15) is 61.9 Å². The molecule has 2 aromatic carbocycles. The molecule has 7 heteroatoms. The van der Waals surface area contributed by atoms with Crippen LogP contribution in [0.15, 0.2) is 66.0 Å². The van der Waals surface area contributed by atoms with E-state index in [2.05, 4.69) is 18.8 Å². The Hall–Kier alpha value is -2.93. The van der Waals surface area contributed by atoms with Crippen LogP contribution in [0.25, 0.3) is 0 Å². The molecule has 0 N–H and O–H groups in total. The molecule has 192 valence electrons. The summed E-state index contributed by atoms with van der Waals surface area (Å²) in [4.78, 5) is 19.8. The highest BCUT2D eigenvalue weighted by Gasteiger charge is 2.30. The normalized spacial score (nSPS) is 14.4. The van der Waals surface area contributed by atoms with E-state index in [-0.39, 0.29) is 22.7 Å². The van der Waals surface area contributed by atoms with Crippen LogP contribution in [0.5, 0.6) is 0 Å². The molecule has 1 aliphatic rings. The number of amides is 1. The van der Waals surface area contributed by atoms with Gasteiger partial charge in [0, 0.05) is 12.5 Å². The molecule has 0 unspecified atom stereocenters. The number of nitrogens with zero attached hydrogens (tertiary/aromatic N) is 3. The summed E-state index contributed by atoms with van der Waals surface area (Å²) in [5.41, 5.74) is 3.44. The number of benzene rings is 2. The Morgan fingerprint density at radius 1 is 1.06 bits per heavy atom. The highest BCUT2D eigenvalue weighted by molar-refractivity contribution is 7.90. The van der Waals surface area contributed by atoms with E-state index in [1.54, 1.807) is 10.8 Å². The van der Waals surface area contributed by atoms with Gasteiger partial charge in [0.05, 0.1) is 30.7 Å². The standard InChI is InChI=1S/C29H37N3O3S/c1-22(2)18-31(28(33)25-14-9-10-15-25)20-27-17-30-29(32(27)19-24-12-5-4-6-13-24)36(34,35)21-26-16-8-7-11-23(26)3/h4-8,11-13,16-17,22,25H,9-10,14-15,18-21H2,1-3H3. The van der Waals surface area contributed by atoms with Gasteiger partial charge in [0.2, 0.25) is 20.9 Å². The second-order valence-electron chi connectivity index (χ2n) is 10.4. The average molecular weight is 508 g/mol. The van der Waals surface area contributed by atoms with E-state index < -0.39 is 9.84 Å². The smallest absolute Gasteiger partial charge is 0.228 e. The molecular formula is C29H37N3O3S. The molecule has 0 bridgehead atoms. The van der Waals surface area contributed by atoms with Gasteiger partial charge < -0.3 is 9.47 Å². The first-order valence-electron chi connectivity index (χ1n) is 12.9. The predicted molar refractivity (Wildman–Crippen MR) is 142 cm³/mol. The number of imidazole rings is 1. The zero-order valence-electron chi connectivity index (χ0n) is 21.6. The number of rotatable bonds is 10. The summed E-state index contributed by atoms with van der Waals surface area (Å²) in [7, 11) is -3.71. The summed E-state index contributed by atoms with van der Waals surface area (Å²) < 4.78 is 29.0. The van der Waals surface area contributed by atoms with Crippen LogP contribution in [0.2, 0.25) is 0 Å². The third-order valence-corrected chi connectivity index (χ3v) is 8.50. The van der Waals surface area contributed by atoms with Crippen molar-refractivity contribution in [3.63, 3.8) is 0 Å². The van der Waals surface area contributed by atoms with Crippen LogP contribution < -0.4 is 0 Å². The second kappa shape index (κ2) is 11.4. The Morgan fingerprint density at radius 2 is 1.72 bits per heavy atom. The molecule has 1 aliphatic carbocycles. The van der Waals surface area contributed by atoms with E-state index >= 15 is 0 Å². The van der Waals surface area contributed by atoms with Gasteiger partial charge in [0.25, 0.3) is 0 Å². The molecule has 36 heavy (non-hydrogen) atoms. The van der Waals surface area contributed by atoms with Gasteiger partial charge in [0.15, 0.2) is 0 Å². The van der Waals surface area contributed by atoms with E-state index in [1.165, 1.54) is 0 Å². The van der Waals surface area contributed by atoms with Crippen LogP contribution in [0.4, 0.5) is 0 Å². The lowest BCUT2D eigenvalue weighted by atomic mass is 10.1. The molecule has 0 saturated heterocycles. The maximum absolute atomic E-state index is 13.6. The fourth-order valence-corrected chi connectivity index (χ4v) is 6.64. The van der Waals surface area contributed by atoms with Gasteiger partial charge in [-0.3, -0.25) is 4.79 Å². The zero-order chi connectivity index (χ0) is 25.7. The molecule has 4 rings (SSSR count). The van der Waals surface area contributed by atoms with Gasteiger partial charge in [-0.05, 0) is 42.4 Å². The SMILES string of the molecule is Cc1ccccc1CS(=O)(=O)c1ncc(CN(CC(C)C)C(=O)C2CCCC2)n1Cc1ccccc1. The monoisotopic (exact) mass is 507 g/mol. The quantitative estimate of drug-likeness (QED) is 0.369. The lowest BCUT2D eigenvalue weighted by molar-refractivity contribution is -0.136. The topological polar surface area (TPSA) is 72.3 Å². The Kier molecular flexibility index (Phi) is 8.29. The number of carbonyl (C=O) groups excluding carboxylic acids is 1. The van der Waals surface area contributed by atoms with Gasteiger partial charge >= 0.3 is 0 Å². The number of hydrogen-bond donors (Lipinski definition) is 0. The van der Waals surface area contributed by atoms with Crippen LogP contribution in [0, 0.1) is 18.8 Å².